The van der Waals surface area contributed by atoms with Crippen molar-refractivity contribution in [1.29, 1.82) is 0 Å². The SMILES string of the molecule is CCC1(CC)CC(n2c(CO)c[nH]c2=S)CCO1. The van der Waals surface area contributed by atoms with E-state index < -0.39 is 0 Å². The summed E-state index contributed by atoms with van der Waals surface area (Å²) in [5.41, 5.74) is 0.842. The highest BCUT2D eigenvalue weighted by atomic mass is 32.1. The van der Waals surface area contributed by atoms with E-state index in [9.17, 15) is 5.11 Å². The highest BCUT2D eigenvalue weighted by molar-refractivity contribution is 7.71. The maximum Gasteiger partial charge on any atom is 0.177 e. The first-order chi connectivity index (χ1) is 8.65. The van der Waals surface area contributed by atoms with Gasteiger partial charge >= 0.3 is 0 Å². The van der Waals surface area contributed by atoms with Crippen LogP contribution in [-0.2, 0) is 11.3 Å². The van der Waals surface area contributed by atoms with Crippen molar-refractivity contribution in [1.82, 2.24) is 9.55 Å². The molecule has 0 aliphatic carbocycles. The van der Waals surface area contributed by atoms with Crippen molar-refractivity contribution in [2.45, 2.75) is 57.8 Å². The number of aliphatic hydroxyl groups is 1. The minimum atomic E-state index is -0.0261. The number of nitrogens with zero attached hydrogens (tertiary/aromatic N) is 1. The van der Waals surface area contributed by atoms with Crippen molar-refractivity contribution in [2.24, 2.45) is 0 Å². The summed E-state index contributed by atoms with van der Waals surface area (Å²) in [6.07, 6.45) is 5.77. The fourth-order valence-corrected chi connectivity index (χ4v) is 3.23. The van der Waals surface area contributed by atoms with E-state index in [0.29, 0.717) is 10.8 Å². The van der Waals surface area contributed by atoms with Crippen LogP contribution in [0.15, 0.2) is 6.20 Å². The van der Waals surface area contributed by atoms with Crippen LogP contribution in [0.3, 0.4) is 0 Å². The van der Waals surface area contributed by atoms with Crippen LogP contribution in [0.2, 0.25) is 0 Å². The van der Waals surface area contributed by atoms with Gasteiger partial charge in [0.2, 0.25) is 0 Å². The molecule has 0 bridgehead atoms. The van der Waals surface area contributed by atoms with Gasteiger partial charge in [0.15, 0.2) is 4.77 Å². The molecule has 2 rings (SSSR count). The molecular formula is C13H22N2O2S. The molecule has 2 heterocycles. The summed E-state index contributed by atoms with van der Waals surface area (Å²) >= 11 is 5.32. The van der Waals surface area contributed by atoms with E-state index >= 15 is 0 Å². The molecule has 0 saturated carbocycles. The van der Waals surface area contributed by atoms with Crippen LogP contribution in [0.4, 0.5) is 0 Å². The van der Waals surface area contributed by atoms with Crippen molar-refractivity contribution < 1.29 is 9.84 Å². The Balaban J connectivity index is 2.28. The van der Waals surface area contributed by atoms with Gasteiger partial charge in [0.1, 0.15) is 0 Å². The lowest BCUT2D eigenvalue weighted by Gasteiger charge is -2.40. The number of aliphatic hydroxyl groups excluding tert-OH is 1. The van der Waals surface area contributed by atoms with E-state index in [4.69, 9.17) is 17.0 Å². The number of aromatic amines is 1. The zero-order chi connectivity index (χ0) is 13.2. The van der Waals surface area contributed by atoms with Gasteiger partial charge in [0.05, 0.1) is 17.9 Å². The Morgan fingerprint density at radius 1 is 1.56 bits per heavy atom. The van der Waals surface area contributed by atoms with E-state index in [0.717, 1.165) is 38.0 Å². The Labute approximate surface area is 113 Å². The van der Waals surface area contributed by atoms with E-state index in [1.54, 1.807) is 6.20 Å². The summed E-state index contributed by atoms with van der Waals surface area (Å²) in [6, 6.07) is 0.333. The molecule has 1 fully saturated rings. The van der Waals surface area contributed by atoms with Crippen LogP contribution in [0.5, 0.6) is 0 Å². The Morgan fingerprint density at radius 3 is 2.89 bits per heavy atom. The van der Waals surface area contributed by atoms with Gasteiger partial charge < -0.3 is 19.4 Å². The first kappa shape index (κ1) is 13.8. The fraction of sp³-hybridized carbons (Fsp3) is 0.769. The average Bonchev–Trinajstić information content (AvgIpc) is 2.79. The molecule has 1 unspecified atom stereocenters. The molecule has 102 valence electrons. The number of hydrogen-bond acceptors (Lipinski definition) is 3. The predicted molar refractivity (Wildman–Crippen MR) is 73.1 cm³/mol. The largest absolute Gasteiger partial charge is 0.390 e. The number of rotatable bonds is 4. The number of nitrogens with one attached hydrogen (secondary N) is 1. The molecule has 1 aromatic rings. The lowest BCUT2D eigenvalue weighted by atomic mass is 9.86. The van der Waals surface area contributed by atoms with Gasteiger partial charge in [-0.3, -0.25) is 0 Å². The normalized spacial score (nSPS) is 23.2. The Hall–Kier alpha value is -0.650. The van der Waals surface area contributed by atoms with Crippen molar-refractivity contribution >= 4 is 12.2 Å². The quantitative estimate of drug-likeness (QED) is 0.827. The summed E-state index contributed by atoms with van der Waals surface area (Å²) in [4.78, 5) is 3.03. The van der Waals surface area contributed by atoms with Gasteiger partial charge in [0.25, 0.3) is 0 Å². The molecular weight excluding hydrogens is 248 g/mol. The van der Waals surface area contributed by atoms with Gasteiger partial charge in [-0.2, -0.15) is 0 Å². The number of imidazole rings is 1. The number of H-pyrrole nitrogens is 1. The van der Waals surface area contributed by atoms with Crippen LogP contribution in [0.1, 0.15) is 51.3 Å². The molecule has 0 amide bonds. The lowest BCUT2D eigenvalue weighted by molar-refractivity contribution is -0.0993. The zero-order valence-corrected chi connectivity index (χ0v) is 11.9. The third kappa shape index (κ3) is 2.39. The number of aromatic nitrogens is 2. The smallest absolute Gasteiger partial charge is 0.177 e. The van der Waals surface area contributed by atoms with Crippen molar-refractivity contribution in [3.63, 3.8) is 0 Å². The van der Waals surface area contributed by atoms with Gasteiger partial charge in [-0.25, -0.2) is 0 Å². The molecule has 1 aliphatic heterocycles. The summed E-state index contributed by atoms with van der Waals surface area (Å²) in [6.45, 7) is 5.14. The molecule has 0 radical (unpaired) electrons. The molecule has 0 aromatic carbocycles. The molecule has 1 atom stereocenters. The maximum atomic E-state index is 9.39. The second-order valence-corrected chi connectivity index (χ2v) is 5.39. The average molecular weight is 270 g/mol. The number of ether oxygens (including phenoxy) is 1. The van der Waals surface area contributed by atoms with Gasteiger partial charge in [-0.15, -0.1) is 0 Å². The van der Waals surface area contributed by atoms with Gasteiger partial charge in [-0.1, -0.05) is 13.8 Å². The van der Waals surface area contributed by atoms with Crippen LogP contribution in [-0.4, -0.2) is 26.9 Å². The van der Waals surface area contributed by atoms with Crippen molar-refractivity contribution in [2.75, 3.05) is 6.61 Å². The zero-order valence-electron chi connectivity index (χ0n) is 11.1. The molecule has 1 aliphatic rings. The van der Waals surface area contributed by atoms with E-state index in [-0.39, 0.29) is 12.2 Å². The highest BCUT2D eigenvalue weighted by Gasteiger charge is 2.35. The number of hydrogen-bond donors (Lipinski definition) is 2. The molecule has 1 saturated heterocycles. The minimum absolute atomic E-state index is 0.0236. The highest BCUT2D eigenvalue weighted by Crippen LogP contribution is 2.37. The standard InChI is InChI=1S/C13H22N2O2S/c1-3-13(4-2)7-10(5-6-17-13)15-11(9-16)8-14-12(15)18/h8,10,16H,3-7,9H2,1-2H3,(H,14,18). The van der Waals surface area contributed by atoms with Crippen molar-refractivity contribution in [3.8, 4) is 0 Å². The van der Waals surface area contributed by atoms with E-state index in [2.05, 4.69) is 23.4 Å². The summed E-state index contributed by atoms with van der Waals surface area (Å²) in [5, 5.41) is 9.39. The predicted octanol–water partition coefficient (Wildman–Crippen LogP) is 2.95. The van der Waals surface area contributed by atoms with Crippen LogP contribution in [0, 0.1) is 4.77 Å². The third-order valence-corrected chi connectivity index (χ3v) is 4.49. The summed E-state index contributed by atoms with van der Waals surface area (Å²) < 4.78 is 8.75. The Kier molecular flexibility index (Phi) is 4.25. The van der Waals surface area contributed by atoms with Crippen molar-refractivity contribution in [3.05, 3.63) is 16.7 Å². The molecule has 1 aromatic heterocycles. The second kappa shape index (κ2) is 5.55. The van der Waals surface area contributed by atoms with E-state index in [1.807, 2.05) is 0 Å². The summed E-state index contributed by atoms with van der Waals surface area (Å²) in [7, 11) is 0. The molecule has 4 nitrogen and oxygen atoms in total. The molecule has 18 heavy (non-hydrogen) atoms. The van der Waals surface area contributed by atoms with Crippen LogP contribution in [0.25, 0.3) is 0 Å². The van der Waals surface area contributed by atoms with Crippen LogP contribution < -0.4 is 0 Å². The monoisotopic (exact) mass is 270 g/mol. The van der Waals surface area contributed by atoms with Crippen LogP contribution >= 0.6 is 12.2 Å². The maximum absolute atomic E-state index is 9.39. The lowest BCUT2D eigenvalue weighted by Crippen LogP contribution is -2.39. The Bertz CT molecular complexity index is 448. The van der Waals surface area contributed by atoms with Gasteiger partial charge in [0, 0.05) is 18.8 Å². The van der Waals surface area contributed by atoms with Gasteiger partial charge in [-0.05, 0) is 37.9 Å². The summed E-state index contributed by atoms with van der Waals surface area (Å²) in [5.74, 6) is 0. The molecule has 0 spiro atoms. The molecule has 5 heteroatoms. The first-order valence-corrected chi connectivity index (χ1v) is 7.10. The van der Waals surface area contributed by atoms with E-state index in [1.165, 1.54) is 0 Å². The minimum Gasteiger partial charge on any atom is -0.390 e. The molecule has 2 N–H and O–H groups in total. The first-order valence-electron chi connectivity index (χ1n) is 6.69. The second-order valence-electron chi connectivity index (χ2n) is 5.00. The topological polar surface area (TPSA) is 50.2 Å². The Morgan fingerprint density at radius 2 is 2.28 bits per heavy atom. The third-order valence-electron chi connectivity index (χ3n) is 4.17. The fourth-order valence-electron chi connectivity index (χ4n) is 2.90.